The molecule has 0 heterocycles. The number of aliphatic hydroxyl groups excluding tert-OH is 1. The molecule has 1 aromatic carbocycles. The van der Waals surface area contributed by atoms with Crippen LogP contribution in [0.25, 0.3) is 0 Å². The van der Waals surface area contributed by atoms with Crippen molar-refractivity contribution in [2.45, 2.75) is 87.0 Å². The minimum absolute atomic E-state index is 0.0583. The number of nitrogens with one attached hydrogen (secondary N) is 1. The first-order chi connectivity index (χ1) is 14.5. The molecule has 0 spiro atoms. The normalized spacial score (nSPS) is 13.6. The van der Waals surface area contributed by atoms with E-state index in [1.807, 2.05) is 41.5 Å². The molecule has 0 saturated heterocycles. The van der Waals surface area contributed by atoms with E-state index in [0.717, 1.165) is 0 Å². The Balaban J connectivity index is 2.95. The van der Waals surface area contributed by atoms with E-state index >= 15 is 0 Å². The van der Waals surface area contributed by atoms with E-state index in [4.69, 9.17) is 14.2 Å². The molecule has 182 valence electrons. The van der Waals surface area contributed by atoms with Crippen molar-refractivity contribution in [2.75, 3.05) is 13.3 Å². The molecule has 0 aliphatic heterocycles. The van der Waals surface area contributed by atoms with Crippen LogP contribution in [0.15, 0.2) is 18.2 Å². The van der Waals surface area contributed by atoms with Crippen molar-refractivity contribution in [3.05, 3.63) is 29.3 Å². The quantitative estimate of drug-likeness (QED) is 0.247. The summed E-state index contributed by atoms with van der Waals surface area (Å²) < 4.78 is 16.2. The highest BCUT2D eigenvalue weighted by molar-refractivity contribution is 5.75. The smallest absolute Gasteiger partial charge is 0.313 e. The minimum Gasteiger partial charge on any atom is -0.438 e. The van der Waals surface area contributed by atoms with Gasteiger partial charge in [0, 0.05) is 17.6 Å². The number of esters is 2. The van der Waals surface area contributed by atoms with Crippen LogP contribution in [0.3, 0.4) is 0 Å². The fourth-order valence-electron chi connectivity index (χ4n) is 2.59. The van der Waals surface area contributed by atoms with E-state index < -0.39 is 11.5 Å². The molecule has 0 aliphatic carbocycles. The molecular weight excluding hydrogens is 410 g/mol. The molecule has 0 saturated carbocycles. The van der Waals surface area contributed by atoms with E-state index in [-0.39, 0.29) is 42.7 Å². The Morgan fingerprint density at radius 2 is 1.66 bits per heavy atom. The summed E-state index contributed by atoms with van der Waals surface area (Å²) in [6, 6.07) is 5.15. The topological polar surface area (TPSA) is 94.1 Å². The summed E-state index contributed by atoms with van der Waals surface area (Å²) in [5.41, 5.74) is 0.297. The second kappa shape index (κ2) is 11.3. The summed E-state index contributed by atoms with van der Waals surface area (Å²) in [5, 5.41) is 13.9. The summed E-state index contributed by atoms with van der Waals surface area (Å²) in [6.45, 7) is 17.5. The molecule has 0 fully saturated rings. The van der Waals surface area contributed by atoms with Gasteiger partial charge in [-0.1, -0.05) is 26.8 Å². The van der Waals surface area contributed by atoms with Crippen LogP contribution in [0, 0.1) is 10.8 Å². The van der Waals surface area contributed by atoms with Crippen LogP contribution in [-0.2, 0) is 25.7 Å². The van der Waals surface area contributed by atoms with Crippen molar-refractivity contribution < 1.29 is 28.9 Å². The summed E-state index contributed by atoms with van der Waals surface area (Å²) >= 11 is 0. The van der Waals surface area contributed by atoms with Gasteiger partial charge in [0.05, 0.1) is 24.5 Å². The fraction of sp³-hybridized carbons (Fsp3) is 0.680. The molecule has 0 radical (unpaired) electrons. The van der Waals surface area contributed by atoms with Gasteiger partial charge in [0.15, 0.2) is 6.79 Å². The molecule has 1 aromatic rings. The summed E-state index contributed by atoms with van der Waals surface area (Å²) in [7, 11) is 0. The van der Waals surface area contributed by atoms with Gasteiger partial charge in [0.2, 0.25) is 0 Å². The zero-order chi connectivity index (χ0) is 24.7. The van der Waals surface area contributed by atoms with Crippen molar-refractivity contribution in [1.82, 2.24) is 5.32 Å². The number of benzene rings is 1. The van der Waals surface area contributed by atoms with Gasteiger partial charge in [-0.3, -0.25) is 9.59 Å². The van der Waals surface area contributed by atoms with Crippen molar-refractivity contribution in [3.8, 4) is 5.75 Å². The predicted molar refractivity (Wildman–Crippen MR) is 124 cm³/mol. The third-order valence-electron chi connectivity index (χ3n) is 4.34. The van der Waals surface area contributed by atoms with Crippen LogP contribution < -0.4 is 10.1 Å². The van der Waals surface area contributed by atoms with Gasteiger partial charge in [-0.05, 0) is 64.7 Å². The SMILES string of the molecule is CC(C)(C)CC(=O)Oc1ccc(C(O)CNC(C)(C)C)cc1COCOC(=O)C(C)(C)C. The van der Waals surface area contributed by atoms with Gasteiger partial charge in [0.25, 0.3) is 0 Å². The number of hydrogen-bond acceptors (Lipinski definition) is 7. The Hall–Kier alpha value is -1.96. The number of carbonyl (C=O) groups is 2. The molecular formula is C25H41NO6. The highest BCUT2D eigenvalue weighted by atomic mass is 16.7. The Bertz CT molecular complexity index is 768. The predicted octanol–water partition coefficient (Wildman–Crippen LogP) is 4.51. The lowest BCUT2D eigenvalue weighted by atomic mass is 9.92. The first kappa shape index (κ1) is 28.1. The third-order valence-corrected chi connectivity index (χ3v) is 4.34. The number of β-amino-alcohol motifs (C(OH)–C–C–N with tert-alkyl or cyclic N) is 1. The molecule has 7 heteroatoms. The second-order valence-electron chi connectivity index (χ2n) is 11.4. The Morgan fingerprint density at radius 3 is 2.19 bits per heavy atom. The summed E-state index contributed by atoms with van der Waals surface area (Å²) in [6.07, 6.45) is -0.484. The van der Waals surface area contributed by atoms with E-state index in [1.165, 1.54) is 0 Å². The molecule has 0 aromatic heterocycles. The zero-order valence-corrected chi connectivity index (χ0v) is 21.1. The molecule has 0 aliphatic rings. The molecule has 0 amide bonds. The Kier molecular flexibility index (Phi) is 9.87. The number of aliphatic hydroxyl groups is 1. The van der Waals surface area contributed by atoms with Crippen LogP contribution in [0.4, 0.5) is 0 Å². The maximum atomic E-state index is 12.3. The van der Waals surface area contributed by atoms with Crippen LogP contribution in [0.2, 0.25) is 0 Å². The van der Waals surface area contributed by atoms with Gasteiger partial charge in [-0.25, -0.2) is 0 Å². The second-order valence-corrected chi connectivity index (χ2v) is 11.4. The third kappa shape index (κ3) is 11.1. The van der Waals surface area contributed by atoms with E-state index in [9.17, 15) is 14.7 Å². The van der Waals surface area contributed by atoms with Gasteiger partial charge in [-0.2, -0.15) is 0 Å². The van der Waals surface area contributed by atoms with Gasteiger partial charge in [0.1, 0.15) is 5.75 Å². The standard InChI is InChI=1S/C25H41NO6/c1-23(2,3)13-21(28)32-20-11-10-17(19(27)14-26-25(7,8)9)12-18(20)15-30-16-31-22(29)24(4,5)6/h10-12,19,26-27H,13-16H2,1-9H3. The average Bonchev–Trinajstić information content (AvgIpc) is 2.61. The maximum absolute atomic E-state index is 12.3. The van der Waals surface area contributed by atoms with Crippen LogP contribution in [-0.4, -0.2) is 35.9 Å². The first-order valence-electron chi connectivity index (χ1n) is 11.0. The Labute approximate surface area is 192 Å². The summed E-state index contributed by atoms with van der Waals surface area (Å²) in [4.78, 5) is 24.3. The lowest BCUT2D eigenvalue weighted by molar-refractivity contribution is -0.166. The summed E-state index contributed by atoms with van der Waals surface area (Å²) in [5.74, 6) is -0.353. The molecule has 0 bridgehead atoms. The zero-order valence-electron chi connectivity index (χ0n) is 21.1. The maximum Gasteiger partial charge on any atom is 0.313 e. The average molecular weight is 452 g/mol. The van der Waals surface area contributed by atoms with Crippen molar-refractivity contribution in [2.24, 2.45) is 10.8 Å². The lowest BCUT2D eigenvalue weighted by Crippen LogP contribution is -2.38. The molecule has 7 nitrogen and oxygen atoms in total. The molecule has 2 N–H and O–H groups in total. The van der Waals surface area contributed by atoms with E-state index in [2.05, 4.69) is 5.32 Å². The van der Waals surface area contributed by atoms with Gasteiger partial charge >= 0.3 is 11.9 Å². The Morgan fingerprint density at radius 1 is 1.03 bits per heavy atom. The largest absolute Gasteiger partial charge is 0.438 e. The molecule has 1 atom stereocenters. The van der Waals surface area contributed by atoms with Crippen LogP contribution >= 0.6 is 0 Å². The van der Waals surface area contributed by atoms with Gasteiger partial charge in [-0.15, -0.1) is 0 Å². The molecule has 1 rings (SSSR count). The number of rotatable bonds is 9. The number of ether oxygens (including phenoxy) is 3. The highest BCUT2D eigenvalue weighted by Crippen LogP contribution is 2.27. The fourth-order valence-corrected chi connectivity index (χ4v) is 2.59. The molecule has 32 heavy (non-hydrogen) atoms. The van der Waals surface area contributed by atoms with Crippen molar-refractivity contribution >= 4 is 11.9 Å². The van der Waals surface area contributed by atoms with E-state index in [1.54, 1.807) is 39.0 Å². The van der Waals surface area contributed by atoms with Gasteiger partial charge < -0.3 is 24.6 Å². The van der Waals surface area contributed by atoms with E-state index in [0.29, 0.717) is 23.4 Å². The van der Waals surface area contributed by atoms with Crippen LogP contribution in [0.5, 0.6) is 5.75 Å². The highest BCUT2D eigenvalue weighted by Gasteiger charge is 2.23. The minimum atomic E-state index is -0.744. The van der Waals surface area contributed by atoms with Crippen LogP contribution in [0.1, 0.15) is 86.0 Å². The number of carbonyl (C=O) groups excluding carboxylic acids is 2. The lowest BCUT2D eigenvalue weighted by Gasteiger charge is -2.23. The molecule has 1 unspecified atom stereocenters. The number of hydrogen-bond donors (Lipinski definition) is 2. The van der Waals surface area contributed by atoms with Crippen molar-refractivity contribution in [3.63, 3.8) is 0 Å². The first-order valence-corrected chi connectivity index (χ1v) is 11.0. The van der Waals surface area contributed by atoms with Crippen molar-refractivity contribution in [1.29, 1.82) is 0 Å². The monoisotopic (exact) mass is 451 g/mol.